The Balaban J connectivity index is 0.00000200. The smallest absolute Gasteiger partial charge is 0.748 e. The van der Waals surface area contributed by atoms with Gasteiger partial charge in [-0.15, -0.1) is 0 Å². The van der Waals surface area contributed by atoms with E-state index in [1.165, 1.54) is 0 Å². The molecule has 4 nitrogen and oxygen atoms in total. The molecule has 0 aliphatic heterocycles. The van der Waals surface area contributed by atoms with Crippen LogP contribution in [0.25, 0.3) is 0 Å². The van der Waals surface area contributed by atoms with Crippen molar-refractivity contribution in [3.8, 4) is 5.75 Å². The van der Waals surface area contributed by atoms with Crippen LogP contribution in [-0.4, -0.2) is 13.0 Å². The van der Waals surface area contributed by atoms with Crippen molar-refractivity contribution in [2.45, 2.75) is 12.4 Å². The summed E-state index contributed by atoms with van der Waals surface area (Å²) >= 11 is 0. The Morgan fingerprint density at radius 1 is 0.950 bits per heavy atom. The minimum Gasteiger partial charge on any atom is -0.748 e. The predicted molar refractivity (Wildman–Crippen MR) is 70.6 cm³/mol. The van der Waals surface area contributed by atoms with Gasteiger partial charge in [-0.05, 0) is 23.3 Å². The van der Waals surface area contributed by atoms with E-state index in [4.69, 9.17) is 4.74 Å². The molecular formula is C14H13NaO4S. The monoisotopic (exact) mass is 300 g/mol. The van der Waals surface area contributed by atoms with E-state index in [0.29, 0.717) is 17.9 Å². The molecular weight excluding hydrogens is 287 g/mol. The van der Waals surface area contributed by atoms with E-state index < -0.39 is 15.9 Å². The molecule has 0 saturated carbocycles. The first-order chi connectivity index (χ1) is 9.03. The molecule has 0 spiro atoms. The van der Waals surface area contributed by atoms with Crippen LogP contribution in [0.2, 0.25) is 0 Å². The Hall–Kier alpha value is -0.850. The Bertz CT molecular complexity index is 641. The summed E-state index contributed by atoms with van der Waals surface area (Å²) in [7, 11) is -4.27. The second-order valence-electron chi connectivity index (χ2n) is 4.12. The zero-order valence-electron chi connectivity index (χ0n) is 11.2. The summed E-state index contributed by atoms with van der Waals surface area (Å²) in [5, 5.41) is 0. The van der Waals surface area contributed by atoms with Gasteiger partial charge in [0.25, 0.3) is 0 Å². The van der Waals surface area contributed by atoms with Gasteiger partial charge in [0.1, 0.15) is 12.4 Å². The molecule has 0 aromatic heterocycles. The van der Waals surface area contributed by atoms with Crippen LogP contribution in [0.4, 0.5) is 0 Å². The van der Waals surface area contributed by atoms with Gasteiger partial charge in [0.15, 0.2) is 0 Å². The summed E-state index contributed by atoms with van der Waals surface area (Å²) in [4.78, 5) is 0. The molecule has 0 aliphatic rings. The van der Waals surface area contributed by atoms with Gasteiger partial charge in [-0.2, -0.15) is 0 Å². The minimum atomic E-state index is -4.27. The maximum atomic E-state index is 10.7. The van der Waals surface area contributed by atoms with E-state index in [1.54, 1.807) is 24.3 Å². The molecule has 0 saturated heterocycles. The van der Waals surface area contributed by atoms with Crippen LogP contribution < -0.4 is 34.3 Å². The Morgan fingerprint density at radius 3 is 2.25 bits per heavy atom. The van der Waals surface area contributed by atoms with Crippen LogP contribution in [0.1, 0.15) is 11.1 Å². The average Bonchev–Trinajstić information content (AvgIpc) is 2.36. The first-order valence-electron chi connectivity index (χ1n) is 5.72. The zero-order valence-corrected chi connectivity index (χ0v) is 14.0. The fraction of sp³-hybridized carbons (Fsp3) is 0.143. The van der Waals surface area contributed by atoms with Crippen LogP contribution in [0.3, 0.4) is 0 Å². The Kier molecular flexibility index (Phi) is 6.71. The van der Waals surface area contributed by atoms with Crippen molar-refractivity contribution in [3.05, 3.63) is 65.7 Å². The van der Waals surface area contributed by atoms with Crippen LogP contribution in [0.15, 0.2) is 54.6 Å². The topological polar surface area (TPSA) is 66.4 Å². The number of ether oxygens (including phenoxy) is 1. The van der Waals surface area contributed by atoms with E-state index in [-0.39, 0.29) is 29.6 Å². The Labute approximate surface area is 140 Å². The summed E-state index contributed by atoms with van der Waals surface area (Å²) in [5.41, 5.74) is 1.45. The first-order valence-corrected chi connectivity index (χ1v) is 7.30. The van der Waals surface area contributed by atoms with Gasteiger partial charge in [0.2, 0.25) is 0 Å². The molecule has 0 atom stereocenters. The third kappa shape index (κ3) is 6.07. The van der Waals surface area contributed by atoms with Gasteiger partial charge < -0.3 is 9.29 Å². The molecule has 100 valence electrons. The average molecular weight is 300 g/mol. The van der Waals surface area contributed by atoms with E-state index in [2.05, 4.69) is 0 Å². The fourth-order valence-corrected chi connectivity index (χ4v) is 2.26. The van der Waals surface area contributed by atoms with Crippen molar-refractivity contribution in [2.75, 3.05) is 0 Å². The van der Waals surface area contributed by atoms with Gasteiger partial charge in [0, 0.05) is 0 Å². The standard InChI is InChI=1S/C14H14O4S.Na/c15-19(16,17)11-13-7-4-8-14(9-13)18-10-12-5-2-1-3-6-12;/h1-9H,10-11H2,(H,15,16,17);/q;+1/p-1. The molecule has 0 heterocycles. The van der Waals surface area contributed by atoms with Crippen LogP contribution in [0, 0.1) is 0 Å². The fourth-order valence-electron chi connectivity index (χ4n) is 1.67. The van der Waals surface area contributed by atoms with Crippen LogP contribution in [0.5, 0.6) is 5.75 Å². The maximum absolute atomic E-state index is 10.7. The molecule has 0 unspecified atom stereocenters. The summed E-state index contributed by atoms with van der Waals surface area (Å²) < 4.78 is 37.6. The van der Waals surface area contributed by atoms with E-state index in [9.17, 15) is 13.0 Å². The first kappa shape index (κ1) is 17.2. The van der Waals surface area contributed by atoms with E-state index in [1.807, 2.05) is 30.3 Å². The minimum absolute atomic E-state index is 0. The molecule has 0 N–H and O–H groups in total. The van der Waals surface area contributed by atoms with Crippen LogP contribution in [-0.2, 0) is 22.5 Å². The molecule has 0 bridgehead atoms. The predicted octanol–water partition coefficient (Wildman–Crippen LogP) is -0.685. The number of benzene rings is 2. The van der Waals surface area contributed by atoms with Gasteiger partial charge in [0.05, 0.1) is 15.9 Å². The third-order valence-electron chi connectivity index (χ3n) is 2.49. The summed E-state index contributed by atoms with van der Waals surface area (Å²) in [6.45, 7) is 0.397. The van der Waals surface area contributed by atoms with Gasteiger partial charge in [-0.1, -0.05) is 42.5 Å². The third-order valence-corrected chi connectivity index (χ3v) is 3.18. The molecule has 20 heavy (non-hydrogen) atoms. The largest absolute Gasteiger partial charge is 1.00 e. The van der Waals surface area contributed by atoms with E-state index in [0.717, 1.165) is 5.56 Å². The molecule has 2 rings (SSSR count). The number of hydrogen-bond donors (Lipinski definition) is 0. The number of hydrogen-bond acceptors (Lipinski definition) is 4. The SMILES string of the molecule is O=S(=O)([O-])Cc1cccc(OCc2ccccc2)c1.[Na+]. The van der Waals surface area contributed by atoms with Crippen molar-refractivity contribution in [3.63, 3.8) is 0 Å². The maximum Gasteiger partial charge on any atom is 1.00 e. The van der Waals surface area contributed by atoms with Crippen molar-refractivity contribution >= 4 is 10.1 Å². The second kappa shape index (κ2) is 7.81. The molecule has 2 aromatic rings. The van der Waals surface area contributed by atoms with Crippen molar-refractivity contribution in [1.29, 1.82) is 0 Å². The van der Waals surface area contributed by atoms with Crippen molar-refractivity contribution in [1.82, 2.24) is 0 Å². The molecule has 0 amide bonds. The van der Waals surface area contributed by atoms with Crippen LogP contribution >= 0.6 is 0 Å². The molecule has 2 aromatic carbocycles. The van der Waals surface area contributed by atoms with Crippen molar-refractivity contribution < 1.29 is 47.3 Å². The van der Waals surface area contributed by atoms with Crippen molar-refractivity contribution in [2.24, 2.45) is 0 Å². The zero-order chi connectivity index (χ0) is 13.7. The molecule has 0 radical (unpaired) electrons. The number of rotatable bonds is 5. The van der Waals surface area contributed by atoms with E-state index >= 15 is 0 Å². The second-order valence-corrected chi connectivity index (χ2v) is 5.53. The van der Waals surface area contributed by atoms with Gasteiger partial charge in [-0.25, -0.2) is 8.42 Å². The molecule has 0 fully saturated rings. The normalized spacial score (nSPS) is 10.7. The molecule has 0 aliphatic carbocycles. The Morgan fingerprint density at radius 2 is 1.60 bits per heavy atom. The quantitative estimate of drug-likeness (QED) is 0.542. The van der Waals surface area contributed by atoms with Gasteiger partial charge >= 0.3 is 29.6 Å². The summed E-state index contributed by atoms with van der Waals surface area (Å²) in [6, 6.07) is 16.2. The summed E-state index contributed by atoms with van der Waals surface area (Å²) in [6.07, 6.45) is 0. The summed E-state index contributed by atoms with van der Waals surface area (Å²) in [5.74, 6) is 0.0280. The van der Waals surface area contributed by atoms with Gasteiger partial charge in [-0.3, -0.25) is 0 Å². The molecule has 6 heteroatoms.